The number of benzene rings is 1. The maximum absolute atomic E-state index is 11.8. The largest absolute Gasteiger partial charge is 0.224 e. The quantitative estimate of drug-likeness (QED) is 0.787. The van der Waals surface area contributed by atoms with Gasteiger partial charge in [0.2, 0.25) is 0 Å². The lowest BCUT2D eigenvalue weighted by atomic mass is 10.2. The molecule has 0 aliphatic carbocycles. The SMILES string of the molecule is Cc1ccc(C)c(S(=O)(=O)CCC#N)c1. The predicted octanol–water partition coefficient (Wildman–Crippen LogP) is 1.99. The van der Waals surface area contributed by atoms with Crippen molar-refractivity contribution in [1.29, 1.82) is 5.26 Å². The Morgan fingerprint density at radius 1 is 1.33 bits per heavy atom. The molecular formula is C11H13NO2S. The van der Waals surface area contributed by atoms with Crippen LogP contribution in [0.3, 0.4) is 0 Å². The van der Waals surface area contributed by atoms with Crippen molar-refractivity contribution in [3.63, 3.8) is 0 Å². The molecule has 80 valence electrons. The maximum atomic E-state index is 11.8. The molecular weight excluding hydrogens is 210 g/mol. The van der Waals surface area contributed by atoms with E-state index in [9.17, 15) is 8.42 Å². The van der Waals surface area contributed by atoms with Crippen molar-refractivity contribution < 1.29 is 8.42 Å². The van der Waals surface area contributed by atoms with Crippen molar-refractivity contribution in [2.45, 2.75) is 25.2 Å². The van der Waals surface area contributed by atoms with Gasteiger partial charge in [0.15, 0.2) is 9.84 Å². The summed E-state index contributed by atoms with van der Waals surface area (Å²) in [7, 11) is -3.30. The van der Waals surface area contributed by atoms with Crippen LogP contribution in [0.2, 0.25) is 0 Å². The van der Waals surface area contributed by atoms with Crippen LogP contribution in [0.5, 0.6) is 0 Å². The van der Waals surface area contributed by atoms with Crippen molar-refractivity contribution in [3.8, 4) is 6.07 Å². The van der Waals surface area contributed by atoms with Crippen LogP contribution in [0.25, 0.3) is 0 Å². The lowest BCUT2D eigenvalue weighted by Gasteiger charge is -2.06. The fraction of sp³-hybridized carbons (Fsp3) is 0.364. The molecule has 0 saturated heterocycles. The number of nitrogens with zero attached hydrogens (tertiary/aromatic N) is 1. The second-order valence-electron chi connectivity index (χ2n) is 3.50. The van der Waals surface area contributed by atoms with Gasteiger partial charge < -0.3 is 0 Å². The Bertz CT molecular complexity index is 498. The van der Waals surface area contributed by atoms with Crippen molar-refractivity contribution in [2.24, 2.45) is 0 Å². The summed E-state index contributed by atoms with van der Waals surface area (Å²) in [5, 5.41) is 8.39. The Hall–Kier alpha value is -1.34. The summed E-state index contributed by atoms with van der Waals surface area (Å²) in [6.45, 7) is 3.61. The number of sulfone groups is 1. The third-order valence-electron chi connectivity index (χ3n) is 2.16. The molecule has 0 fully saturated rings. The van der Waals surface area contributed by atoms with E-state index in [2.05, 4.69) is 0 Å². The molecule has 0 amide bonds. The fourth-order valence-electron chi connectivity index (χ4n) is 1.33. The molecule has 15 heavy (non-hydrogen) atoms. The van der Waals surface area contributed by atoms with Crippen LogP contribution in [0.4, 0.5) is 0 Å². The van der Waals surface area contributed by atoms with Crippen LogP contribution in [-0.2, 0) is 9.84 Å². The van der Waals surface area contributed by atoms with Gasteiger partial charge in [0.25, 0.3) is 0 Å². The van der Waals surface area contributed by atoms with Crippen molar-refractivity contribution in [3.05, 3.63) is 29.3 Å². The maximum Gasteiger partial charge on any atom is 0.179 e. The van der Waals surface area contributed by atoms with Crippen LogP contribution < -0.4 is 0 Å². The molecule has 0 aliphatic heterocycles. The molecule has 1 aromatic rings. The van der Waals surface area contributed by atoms with Gasteiger partial charge in [0, 0.05) is 6.42 Å². The summed E-state index contributed by atoms with van der Waals surface area (Å²) in [4.78, 5) is 0.345. The molecule has 0 saturated carbocycles. The van der Waals surface area contributed by atoms with Gasteiger partial charge in [-0.2, -0.15) is 5.26 Å². The summed E-state index contributed by atoms with van der Waals surface area (Å²) in [5.74, 6) is -0.103. The number of hydrogen-bond donors (Lipinski definition) is 0. The lowest BCUT2D eigenvalue weighted by molar-refractivity contribution is 0.595. The molecule has 0 bridgehead atoms. The molecule has 0 heterocycles. The van der Waals surface area contributed by atoms with E-state index >= 15 is 0 Å². The monoisotopic (exact) mass is 223 g/mol. The van der Waals surface area contributed by atoms with Crippen LogP contribution in [0.15, 0.2) is 23.1 Å². The van der Waals surface area contributed by atoms with Gasteiger partial charge in [-0.1, -0.05) is 12.1 Å². The Labute approximate surface area is 90.3 Å². The number of nitriles is 1. The first kappa shape index (κ1) is 11.7. The minimum Gasteiger partial charge on any atom is -0.224 e. The molecule has 4 heteroatoms. The Kier molecular flexibility index (Phi) is 3.48. The average Bonchev–Trinajstić information content (AvgIpc) is 2.18. The van der Waals surface area contributed by atoms with Crippen LogP contribution >= 0.6 is 0 Å². The molecule has 3 nitrogen and oxygen atoms in total. The minimum absolute atomic E-state index is 0.0374. The van der Waals surface area contributed by atoms with Crippen LogP contribution in [0.1, 0.15) is 17.5 Å². The molecule has 0 spiro atoms. The van der Waals surface area contributed by atoms with E-state index in [1.807, 2.05) is 19.1 Å². The van der Waals surface area contributed by atoms with E-state index < -0.39 is 9.84 Å². The zero-order valence-electron chi connectivity index (χ0n) is 8.82. The van der Waals surface area contributed by atoms with Gasteiger partial charge in [0.05, 0.1) is 16.7 Å². The highest BCUT2D eigenvalue weighted by molar-refractivity contribution is 7.91. The first-order chi connectivity index (χ1) is 6.97. The summed E-state index contributed by atoms with van der Waals surface area (Å²) in [6.07, 6.45) is 0.0374. The highest BCUT2D eigenvalue weighted by Crippen LogP contribution is 2.18. The highest BCUT2D eigenvalue weighted by Gasteiger charge is 2.16. The summed E-state index contributed by atoms with van der Waals surface area (Å²) in [5.41, 5.74) is 1.65. The third kappa shape index (κ3) is 2.80. The molecule has 0 atom stereocenters. The zero-order chi connectivity index (χ0) is 11.5. The normalized spacial score (nSPS) is 11.0. The van der Waals surface area contributed by atoms with Gasteiger partial charge >= 0.3 is 0 Å². The van der Waals surface area contributed by atoms with E-state index in [4.69, 9.17) is 5.26 Å². The summed E-state index contributed by atoms with van der Waals surface area (Å²) < 4.78 is 23.6. The zero-order valence-corrected chi connectivity index (χ0v) is 9.63. The van der Waals surface area contributed by atoms with E-state index in [0.717, 1.165) is 11.1 Å². The molecule has 0 N–H and O–H groups in total. The smallest absolute Gasteiger partial charge is 0.179 e. The number of aryl methyl sites for hydroxylation is 2. The molecule has 1 rings (SSSR count). The Balaban J connectivity index is 3.16. The molecule has 0 aromatic heterocycles. The van der Waals surface area contributed by atoms with E-state index in [1.54, 1.807) is 19.1 Å². The molecule has 0 radical (unpaired) electrons. The first-order valence-electron chi connectivity index (χ1n) is 4.64. The summed E-state index contributed by atoms with van der Waals surface area (Å²) >= 11 is 0. The standard InChI is InChI=1S/C11H13NO2S/c1-9-4-5-10(2)11(8-9)15(13,14)7-3-6-12/h4-5,8H,3,7H2,1-2H3. The van der Waals surface area contributed by atoms with Crippen molar-refractivity contribution in [2.75, 3.05) is 5.75 Å². The second kappa shape index (κ2) is 4.45. The third-order valence-corrected chi connectivity index (χ3v) is 4.01. The number of hydrogen-bond acceptors (Lipinski definition) is 3. The highest BCUT2D eigenvalue weighted by atomic mass is 32.2. The predicted molar refractivity (Wildman–Crippen MR) is 58.2 cm³/mol. The lowest BCUT2D eigenvalue weighted by Crippen LogP contribution is -2.08. The second-order valence-corrected chi connectivity index (χ2v) is 5.57. The average molecular weight is 223 g/mol. The molecule has 1 aromatic carbocycles. The van der Waals surface area contributed by atoms with Gasteiger partial charge in [-0.05, 0) is 31.0 Å². The van der Waals surface area contributed by atoms with E-state index in [0.29, 0.717) is 4.90 Å². The summed E-state index contributed by atoms with van der Waals surface area (Å²) in [6, 6.07) is 7.16. The van der Waals surface area contributed by atoms with Crippen molar-refractivity contribution >= 4 is 9.84 Å². The molecule has 0 unspecified atom stereocenters. The minimum atomic E-state index is -3.30. The van der Waals surface area contributed by atoms with Crippen LogP contribution in [0, 0.1) is 25.2 Å². The van der Waals surface area contributed by atoms with Gasteiger partial charge in [0.1, 0.15) is 0 Å². The van der Waals surface area contributed by atoms with Crippen molar-refractivity contribution in [1.82, 2.24) is 0 Å². The van der Waals surface area contributed by atoms with E-state index in [1.165, 1.54) is 0 Å². The number of rotatable bonds is 3. The Morgan fingerprint density at radius 2 is 2.00 bits per heavy atom. The Morgan fingerprint density at radius 3 is 2.60 bits per heavy atom. The van der Waals surface area contributed by atoms with Crippen LogP contribution in [-0.4, -0.2) is 14.2 Å². The topological polar surface area (TPSA) is 57.9 Å². The molecule has 0 aliphatic rings. The van der Waals surface area contributed by atoms with E-state index in [-0.39, 0.29) is 12.2 Å². The van der Waals surface area contributed by atoms with Gasteiger partial charge in [-0.3, -0.25) is 0 Å². The fourth-order valence-corrected chi connectivity index (χ4v) is 2.84. The van der Waals surface area contributed by atoms with Gasteiger partial charge in [-0.25, -0.2) is 8.42 Å². The van der Waals surface area contributed by atoms with Gasteiger partial charge in [-0.15, -0.1) is 0 Å². The first-order valence-corrected chi connectivity index (χ1v) is 6.29.